The predicted octanol–water partition coefficient (Wildman–Crippen LogP) is 3.07. The van der Waals surface area contributed by atoms with Crippen molar-refractivity contribution in [2.24, 2.45) is 0 Å². The predicted molar refractivity (Wildman–Crippen MR) is 74.4 cm³/mol. The summed E-state index contributed by atoms with van der Waals surface area (Å²) in [6.45, 7) is 0. The molecule has 0 unspecified atom stereocenters. The smallest absolute Gasteiger partial charge is 0.224 e. The molecule has 5 nitrogen and oxygen atoms in total. The summed E-state index contributed by atoms with van der Waals surface area (Å²) in [4.78, 5) is 12.1. The van der Waals surface area contributed by atoms with Crippen LogP contribution < -0.4 is 11.1 Å². The molecule has 3 N–H and O–H groups in total. The van der Waals surface area contributed by atoms with E-state index in [9.17, 15) is 0 Å². The number of anilines is 3. The van der Waals surface area contributed by atoms with E-state index in [1.165, 1.54) is 6.20 Å². The number of hydrogen-bond acceptors (Lipinski definition) is 6. The molecule has 0 fully saturated rings. The summed E-state index contributed by atoms with van der Waals surface area (Å²) in [6.07, 6.45) is 1.48. The zero-order valence-electron chi connectivity index (χ0n) is 9.09. The molecule has 0 aliphatic heterocycles. The first-order valence-corrected chi connectivity index (χ1v) is 6.36. The van der Waals surface area contributed by atoms with E-state index in [1.807, 2.05) is 23.7 Å². The number of fused-ring (bicyclic) bond motifs is 1. The van der Waals surface area contributed by atoms with Crippen LogP contribution in [0.3, 0.4) is 0 Å². The molecule has 0 radical (unpaired) electrons. The highest BCUT2D eigenvalue weighted by Crippen LogP contribution is 2.26. The van der Waals surface area contributed by atoms with Crippen LogP contribution in [0.2, 0.25) is 5.28 Å². The van der Waals surface area contributed by atoms with Gasteiger partial charge in [-0.05, 0) is 29.8 Å². The first kappa shape index (κ1) is 11.2. The van der Waals surface area contributed by atoms with Gasteiger partial charge in [0, 0.05) is 5.69 Å². The topological polar surface area (TPSA) is 76.7 Å². The largest absolute Gasteiger partial charge is 0.394 e. The molecule has 0 bridgehead atoms. The molecule has 3 aromatic rings. The molecule has 0 aliphatic carbocycles. The molecule has 0 amide bonds. The second-order valence-corrected chi connectivity index (χ2v) is 4.83. The van der Waals surface area contributed by atoms with Crippen molar-refractivity contribution in [3.63, 3.8) is 0 Å². The number of nitrogens with zero attached hydrogens (tertiary/aromatic N) is 3. The van der Waals surface area contributed by atoms with Gasteiger partial charge in [0.1, 0.15) is 0 Å². The van der Waals surface area contributed by atoms with Crippen molar-refractivity contribution in [1.29, 1.82) is 0 Å². The molecule has 0 aliphatic rings. The normalized spacial score (nSPS) is 10.7. The first-order valence-electron chi connectivity index (χ1n) is 5.11. The molecule has 1 aromatic carbocycles. The van der Waals surface area contributed by atoms with Crippen LogP contribution in [0, 0.1) is 0 Å². The van der Waals surface area contributed by atoms with E-state index in [1.54, 1.807) is 11.3 Å². The number of hydrogen-bond donors (Lipinski definition) is 2. The van der Waals surface area contributed by atoms with Crippen molar-refractivity contribution in [3.8, 4) is 0 Å². The van der Waals surface area contributed by atoms with E-state index in [2.05, 4.69) is 20.3 Å². The lowest BCUT2D eigenvalue weighted by molar-refractivity contribution is 1.17. The molecule has 2 heterocycles. The summed E-state index contributed by atoms with van der Waals surface area (Å²) in [5.41, 5.74) is 9.89. The van der Waals surface area contributed by atoms with Crippen LogP contribution in [-0.4, -0.2) is 15.0 Å². The Morgan fingerprint density at radius 3 is 3.06 bits per heavy atom. The molecular formula is C11H8ClN5S. The Morgan fingerprint density at radius 1 is 1.28 bits per heavy atom. The van der Waals surface area contributed by atoms with Gasteiger partial charge < -0.3 is 11.1 Å². The van der Waals surface area contributed by atoms with Crippen molar-refractivity contribution in [2.75, 3.05) is 11.1 Å². The Bertz CT molecular complexity index is 711. The summed E-state index contributed by atoms with van der Waals surface area (Å²) in [5, 5.41) is 3.27. The van der Waals surface area contributed by atoms with Gasteiger partial charge in [0.2, 0.25) is 5.28 Å². The molecule has 2 aromatic heterocycles. The van der Waals surface area contributed by atoms with E-state index in [4.69, 9.17) is 17.3 Å². The third kappa shape index (κ3) is 2.07. The van der Waals surface area contributed by atoms with Gasteiger partial charge in [-0.3, -0.25) is 0 Å². The minimum atomic E-state index is 0.158. The number of halogens is 1. The fourth-order valence-electron chi connectivity index (χ4n) is 1.54. The molecule has 18 heavy (non-hydrogen) atoms. The van der Waals surface area contributed by atoms with Crippen LogP contribution in [0.1, 0.15) is 0 Å². The van der Waals surface area contributed by atoms with Crippen LogP contribution in [0.25, 0.3) is 10.2 Å². The van der Waals surface area contributed by atoms with E-state index < -0.39 is 0 Å². The minimum Gasteiger partial charge on any atom is -0.394 e. The van der Waals surface area contributed by atoms with Gasteiger partial charge in [0.05, 0.1) is 27.6 Å². The zero-order chi connectivity index (χ0) is 12.5. The van der Waals surface area contributed by atoms with Crippen molar-refractivity contribution in [1.82, 2.24) is 15.0 Å². The van der Waals surface area contributed by atoms with Crippen molar-refractivity contribution in [2.45, 2.75) is 0 Å². The molecule has 0 saturated heterocycles. The van der Waals surface area contributed by atoms with E-state index >= 15 is 0 Å². The highest BCUT2D eigenvalue weighted by atomic mass is 35.5. The SMILES string of the molecule is Nc1cnc(Cl)nc1Nc1ccc2ncsc2c1. The lowest BCUT2D eigenvalue weighted by Gasteiger charge is -2.07. The molecular weight excluding hydrogens is 270 g/mol. The summed E-state index contributed by atoms with van der Waals surface area (Å²) in [6, 6.07) is 5.84. The second kappa shape index (κ2) is 4.40. The number of nitrogens with two attached hydrogens (primary N) is 1. The van der Waals surface area contributed by atoms with Gasteiger partial charge >= 0.3 is 0 Å². The summed E-state index contributed by atoms with van der Waals surface area (Å²) in [7, 11) is 0. The van der Waals surface area contributed by atoms with Gasteiger partial charge in [-0.1, -0.05) is 0 Å². The maximum Gasteiger partial charge on any atom is 0.224 e. The highest BCUT2D eigenvalue weighted by Gasteiger charge is 2.05. The monoisotopic (exact) mass is 277 g/mol. The molecule has 3 rings (SSSR count). The average Bonchev–Trinajstić information content (AvgIpc) is 2.81. The van der Waals surface area contributed by atoms with Crippen molar-refractivity contribution in [3.05, 3.63) is 35.2 Å². The van der Waals surface area contributed by atoms with Gasteiger partial charge in [0.15, 0.2) is 5.82 Å². The highest BCUT2D eigenvalue weighted by molar-refractivity contribution is 7.16. The Morgan fingerprint density at radius 2 is 2.17 bits per heavy atom. The summed E-state index contributed by atoms with van der Waals surface area (Å²) in [5.74, 6) is 0.499. The summed E-state index contributed by atoms with van der Waals surface area (Å²) < 4.78 is 1.10. The molecule has 0 spiro atoms. The minimum absolute atomic E-state index is 0.158. The number of rotatable bonds is 2. The Labute approximate surface area is 112 Å². The second-order valence-electron chi connectivity index (χ2n) is 3.60. The lowest BCUT2D eigenvalue weighted by atomic mass is 10.3. The lowest BCUT2D eigenvalue weighted by Crippen LogP contribution is -2.00. The standard InChI is InChI=1S/C11H8ClN5S/c12-11-14-4-7(13)10(17-11)16-6-1-2-8-9(3-6)18-5-15-8/h1-5H,13H2,(H,14,16,17). The van der Waals surface area contributed by atoms with Crippen molar-refractivity contribution >= 4 is 50.3 Å². The number of nitrogens with one attached hydrogen (secondary N) is 1. The number of aromatic nitrogens is 3. The Kier molecular flexibility index (Phi) is 2.73. The Hall–Kier alpha value is -1.92. The van der Waals surface area contributed by atoms with Crippen LogP contribution in [0.4, 0.5) is 17.2 Å². The third-order valence-electron chi connectivity index (χ3n) is 2.38. The van der Waals surface area contributed by atoms with Crippen molar-refractivity contribution < 1.29 is 0 Å². The maximum atomic E-state index is 5.77. The number of thiazole rings is 1. The van der Waals surface area contributed by atoms with E-state index in [-0.39, 0.29) is 5.28 Å². The average molecular weight is 278 g/mol. The molecule has 90 valence electrons. The van der Waals surface area contributed by atoms with Crippen LogP contribution >= 0.6 is 22.9 Å². The fourth-order valence-corrected chi connectivity index (χ4v) is 2.39. The molecule has 0 atom stereocenters. The number of nitrogen functional groups attached to an aromatic ring is 1. The Balaban J connectivity index is 1.97. The quantitative estimate of drug-likeness (QED) is 0.704. The summed E-state index contributed by atoms with van der Waals surface area (Å²) >= 11 is 7.31. The first-order chi connectivity index (χ1) is 8.72. The van der Waals surface area contributed by atoms with Gasteiger partial charge in [0.25, 0.3) is 0 Å². The fraction of sp³-hybridized carbons (Fsp3) is 0. The van der Waals surface area contributed by atoms with Crippen LogP contribution in [0.15, 0.2) is 29.9 Å². The van der Waals surface area contributed by atoms with Crippen LogP contribution in [-0.2, 0) is 0 Å². The van der Waals surface area contributed by atoms with E-state index in [0.717, 1.165) is 15.9 Å². The maximum absolute atomic E-state index is 5.77. The third-order valence-corrected chi connectivity index (χ3v) is 3.36. The number of benzene rings is 1. The molecule has 7 heteroatoms. The molecule has 0 saturated carbocycles. The van der Waals surface area contributed by atoms with Gasteiger partial charge in [-0.2, -0.15) is 4.98 Å². The van der Waals surface area contributed by atoms with Gasteiger partial charge in [-0.15, -0.1) is 11.3 Å². The van der Waals surface area contributed by atoms with Gasteiger partial charge in [-0.25, -0.2) is 9.97 Å². The van der Waals surface area contributed by atoms with E-state index in [0.29, 0.717) is 11.5 Å². The zero-order valence-corrected chi connectivity index (χ0v) is 10.7. The van der Waals surface area contributed by atoms with Crippen LogP contribution in [0.5, 0.6) is 0 Å².